The SMILES string of the molecule is CCN(CC)c1nc(Nc2ccccc2)c2ccccc2n1. The Morgan fingerprint density at radius 1 is 0.864 bits per heavy atom. The van der Waals surface area contributed by atoms with E-state index in [0.717, 1.165) is 41.4 Å². The third-order valence-corrected chi connectivity index (χ3v) is 3.67. The molecule has 0 fully saturated rings. The van der Waals surface area contributed by atoms with Gasteiger partial charge in [0.2, 0.25) is 5.95 Å². The van der Waals surface area contributed by atoms with Crippen molar-refractivity contribution in [1.82, 2.24) is 9.97 Å². The van der Waals surface area contributed by atoms with Gasteiger partial charge in [-0.05, 0) is 38.1 Å². The molecule has 0 radical (unpaired) electrons. The molecule has 3 rings (SSSR count). The Morgan fingerprint density at radius 3 is 2.27 bits per heavy atom. The van der Waals surface area contributed by atoms with Crippen LogP contribution in [0.4, 0.5) is 17.5 Å². The lowest BCUT2D eigenvalue weighted by Crippen LogP contribution is -2.24. The fraction of sp³-hybridized carbons (Fsp3) is 0.222. The third-order valence-electron chi connectivity index (χ3n) is 3.67. The van der Waals surface area contributed by atoms with Gasteiger partial charge in [0.25, 0.3) is 0 Å². The Labute approximate surface area is 130 Å². The zero-order valence-electron chi connectivity index (χ0n) is 13.0. The van der Waals surface area contributed by atoms with Crippen LogP contribution in [0.2, 0.25) is 0 Å². The van der Waals surface area contributed by atoms with Crippen molar-refractivity contribution < 1.29 is 0 Å². The highest BCUT2D eigenvalue weighted by Crippen LogP contribution is 2.26. The number of rotatable bonds is 5. The van der Waals surface area contributed by atoms with Gasteiger partial charge in [-0.2, -0.15) is 4.98 Å². The number of fused-ring (bicyclic) bond motifs is 1. The highest BCUT2D eigenvalue weighted by atomic mass is 15.3. The van der Waals surface area contributed by atoms with Crippen LogP contribution in [0, 0.1) is 0 Å². The van der Waals surface area contributed by atoms with Gasteiger partial charge < -0.3 is 10.2 Å². The van der Waals surface area contributed by atoms with Gasteiger partial charge >= 0.3 is 0 Å². The Morgan fingerprint density at radius 2 is 1.55 bits per heavy atom. The van der Waals surface area contributed by atoms with Crippen molar-refractivity contribution in [1.29, 1.82) is 0 Å². The number of anilines is 3. The smallest absolute Gasteiger partial charge is 0.227 e. The molecule has 0 unspecified atom stereocenters. The third kappa shape index (κ3) is 2.86. The van der Waals surface area contributed by atoms with Gasteiger partial charge in [-0.25, -0.2) is 4.98 Å². The van der Waals surface area contributed by atoms with E-state index in [1.807, 2.05) is 54.6 Å². The average Bonchev–Trinajstić information content (AvgIpc) is 2.57. The summed E-state index contributed by atoms with van der Waals surface area (Å²) in [4.78, 5) is 11.6. The molecule has 4 heteroatoms. The number of nitrogens with zero attached hydrogens (tertiary/aromatic N) is 3. The predicted octanol–water partition coefficient (Wildman–Crippen LogP) is 4.22. The Balaban J connectivity index is 2.10. The topological polar surface area (TPSA) is 41.1 Å². The van der Waals surface area contributed by atoms with Gasteiger partial charge in [0.05, 0.1) is 5.52 Å². The van der Waals surface area contributed by atoms with Crippen molar-refractivity contribution in [2.24, 2.45) is 0 Å². The minimum atomic E-state index is 0.766. The molecule has 0 saturated heterocycles. The number of para-hydroxylation sites is 2. The molecular weight excluding hydrogens is 272 g/mol. The largest absolute Gasteiger partial charge is 0.341 e. The molecule has 0 amide bonds. The van der Waals surface area contributed by atoms with Crippen LogP contribution in [0.3, 0.4) is 0 Å². The quantitative estimate of drug-likeness (QED) is 0.764. The molecule has 0 aliphatic rings. The van der Waals surface area contributed by atoms with Crippen LogP contribution in [-0.2, 0) is 0 Å². The van der Waals surface area contributed by atoms with Gasteiger partial charge in [0, 0.05) is 24.2 Å². The first-order valence-electron chi connectivity index (χ1n) is 7.65. The lowest BCUT2D eigenvalue weighted by Gasteiger charge is -2.20. The molecule has 1 heterocycles. The second kappa shape index (κ2) is 6.43. The van der Waals surface area contributed by atoms with E-state index in [2.05, 4.69) is 24.1 Å². The van der Waals surface area contributed by atoms with Crippen LogP contribution in [0.25, 0.3) is 10.9 Å². The minimum absolute atomic E-state index is 0.766. The van der Waals surface area contributed by atoms with Crippen LogP contribution in [-0.4, -0.2) is 23.1 Å². The van der Waals surface area contributed by atoms with Crippen molar-refractivity contribution in [3.05, 3.63) is 54.6 Å². The number of hydrogen-bond donors (Lipinski definition) is 1. The van der Waals surface area contributed by atoms with Gasteiger partial charge in [0.15, 0.2) is 0 Å². The first-order chi connectivity index (χ1) is 10.8. The summed E-state index contributed by atoms with van der Waals surface area (Å²) in [6, 6.07) is 18.2. The fourth-order valence-electron chi connectivity index (χ4n) is 2.47. The number of hydrogen-bond acceptors (Lipinski definition) is 4. The van der Waals surface area contributed by atoms with Gasteiger partial charge in [0.1, 0.15) is 5.82 Å². The summed E-state index contributed by atoms with van der Waals surface area (Å²) in [5.74, 6) is 1.61. The maximum Gasteiger partial charge on any atom is 0.227 e. The molecule has 0 atom stereocenters. The van der Waals surface area contributed by atoms with Crippen LogP contribution in [0.5, 0.6) is 0 Å². The van der Waals surface area contributed by atoms with Crippen LogP contribution < -0.4 is 10.2 Å². The monoisotopic (exact) mass is 292 g/mol. The molecule has 3 aromatic rings. The second-order valence-electron chi connectivity index (χ2n) is 5.05. The highest BCUT2D eigenvalue weighted by Gasteiger charge is 2.11. The summed E-state index contributed by atoms with van der Waals surface area (Å²) < 4.78 is 0. The van der Waals surface area contributed by atoms with Crippen molar-refractivity contribution in [3.8, 4) is 0 Å². The summed E-state index contributed by atoms with van der Waals surface area (Å²) >= 11 is 0. The molecule has 0 spiro atoms. The normalized spacial score (nSPS) is 10.6. The first-order valence-corrected chi connectivity index (χ1v) is 7.65. The molecule has 0 aliphatic heterocycles. The molecule has 112 valence electrons. The average molecular weight is 292 g/mol. The summed E-state index contributed by atoms with van der Waals surface area (Å²) in [7, 11) is 0. The summed E-state index contributed by atoms with van der Waals surface area (Å²) in [5.41, 5.74) is 1.98. The maximum atomic E-state index is 4.74. The van der Waals surface area contributed by atoms with E-state index in [0.29, 0.717) is 0 Å². The van der Waals surface area contributed by atoms with Crippen LogP contribution in [0.15, 0.2) is 54.6 Å². The standard InChI is InChI=1S/C18H20N4/c1-3-22(4-2)18-20-16-13-9-8-12-15(16)17(21-18)19-14-10-6-5-7-11-14/h5-13H,3-4H2,1-2H3,(H,19,20,21). The van der Waals surface area contributed by atoms with Crippen molar-refractivity contribution in [2.75, 3.05) is 23.3 Å². The van der Waals surface area contributed by atoms with Gasteiger partial charge in [-0.1, -0.05) is 30.3 Å². The van der Waals surface area contributed by atoms with E-state index < -0.39 is 0 Å². The van der Waals surface area contributed by atoms with Crippen molar-refractivity contribution in [2.45, 2.75) is 13.8 Å². The van der Waals surface area contributed by atoms with Crippen molar-refractivity contribution >= 4 is 28.4 Å². The number of nitrogens with one attached hydrogen (secondary N) is 1. The maximum absolute atomic E-state index is 4.74. The number of benzene rings is 2. The zero-order chi connectivity index (χ0) is 15.4. The molecule has 1 N–H and O–H groups in total. The van der Waals surface area contributed by atoms with Gasteiger partial charge in [-0.15, -0.1) is 0 Å². The molecule has 2 aromatic carbocycles. The van der Waals surface area contributed by atoms with Crippen LogP contribution in [0.1, 0.15) is 13.8 Å². The van der Waals surface area contributed by atoms with Crippen molar-refractivity contribution in [3.63, 3.8) is 0 Å². The van der Waals surface area contributed by atoms with E-state index in [-0.39, 0.29) is 0 Å². The minimum Gasteiger partial charge on any atom is -0.341 e. The van der Waals surface area contributed by atoms with E-state index in [9.17, 15) is 0 Å². The molecule has 0 saturated carbocycles. The Kier molecular flexibility index (Phi) is 4.19. The second-order valence-corrected chi connectivity index (χ2v) is 5.05. The molecular formula is C18H20N4. The molecule has 22 heavy (non-hydrogen) atoms. The van der Waals surface area contributed by atoms with E-state index in [1.165, 1.54) is 0 Å². The molecule has 0 bridgehead atoms. The van der Waals surface area contributed by atoms with E-state index >= 15 is 0 Å². The fourth-order valence-corrected chi connectivity index (χ4v) is 2.47. The highest BCUT2D eigenvalue weighted by molar-refractivity contribution is 5.91. The Bertz CT molecular complexity index is 751. The summed E-state index contributed by atoms with van der Waals surface area (Å²) in [6.45, 7) is 6.01. The van der Waals surface area contributed by atoms with Gasteiger partial charge in [-0.3, -0.25) is 0 Å². The molecule has 0 aliphatic carbocycles. The molecule has 4 nitrogen and oxygen atoms in total. The van der Waals surface area contributed by atoms with Crippen LogP contribution >= 0.6 is 0 Å². The molecule has 1 aromatic heterocycles. The van der Waals surface area contributed by atoms with E-state index in [4.69, 9.17) is 9.97 Å². The summed E-state index contributed by atoms with van der Waals surface area (Å²) in [5, 5.41) is 4.44. The lowest BCUT2D eigenvalue weighted by atomic mass is 10.2. The zero-order valence-corrected chi connectivity index (χ0v) is 13.0. The number of aromatic nitrogens is 2. The lowest BCUT2D eigenvalue weighted by molar-refractivity contribution is 0.827. The van der Waals surface area contributed by atoms with E-state index in [1.54, 1.807) is 0 Å². The first kappa shape index (κ1) is 14.3. The Hall–Kier alpha value is -2.62. The predicted molar refractivity (Wildman–Crippen MR) is 92.8 cm³/mol. The summed E-state index contributed by atoms with van der Waals surface area (Å²) in [6.07, 6.45) is 0.